The molecule has 0 spiro atoms. The Morgan fingerprint density at radius 2 is 1.81 bits per heavy atom. The van der Waals surface area contributed by atoms with Crippen LogP contribution in [0.25, 0.3) is 6.08 Å². The van der Waals surface area contributed by atoms with E-state index < -0.39 is 0 Å². The second-order valence-corrected chi connectivity index (χ2v) is 6.80. The third kappa shape index (κ3) is 4.96. The van der Waals surface area contributed by atoms with E-state index in [-0.39, 0.29) is 17.7 Å². The highest BCUT2D eigenvalue weighted by molar-refractivity contribution is 6.30. The van der Waals surface area contributed by atoms with Crippen molar-refractivity contribution in [3.63, 3.8) is 0 Å². The highest BCUT2D eigenvalue weighted by Crippen LogP contribution is 2.19. The van der Waals surface area contributed by atoms with Gasteiger partial charge in [0.15, 0.2) is 0 Å². The molecule has 1 N–H and O–H groups in total. The molecule has 3 rings (SSSR count). The average molecular weight is 369 g/mol. The Morgan fingerprint density at radius 3 is 2.54 bits per heavy atom. The summed E-state index contributed by atoms with van der Waals surface area (Å²) in [6, 6.07) is 16.7. The summed E-state index contributed by atoms with van der Waals surface area (Å²) in [4.78, 5) is 26.7. The fourth-order valence-electron chi connectivity index (χ4n) is 3.00. The molecule has 2 aromatic carbocycles. The van der Waals surface area contributed by atoms with E-state index in [9.17, 15) is 9.59 Å². The van der Waals surface area contributed by atoms with Crippen molar-refractivity contribution < 1.29 is 9.59 Å². The molecule has 0 aromatic heterocycles. The Bertz CT molecular complexity index is 787. The molecule has 0 saturated carbocycles. The van der Waals surface area contributed by atoms with Gasteiger partial charge in [-0.3, -0.25) is 9.59 Å². The van der Waals surface area contributed by atoms with Gasteiger partial charge < -0.3 is 10.2 Å². The van der Waals surface area contributed by atoms with Gasteiger partial charge >= 0.3 is 0 Å². The van der Waals surface area contributed by atoms with Crippen molar-refractivity contribution in [1.29, 1.82) is 0 Å². The number of hydrogen-bond donors (Lipinski definition) is 1. The highest BCUT2D eigenvalue weighted by atomic mass is 35.5. The minimum atomic E-state index is -0.183. The normalized spacial score (nSPS) is 17.3. The third-order valence-corrected chi connectivity index (χ3v) is 4.69. The maximum atomic E-state index is 12.5. The molecule has 1 heterocycles. The molecule has 134 valence electrons. The van der Waals surface area contributed by atoms with Crippen LogP contribution < -0.4 is 5.32 Å². The molecular weight excluding hydrogens is 348 g/mol. The predicted octanol–water partition coefficient (Wildman–Crippen LogP) is 4.23. The molecule has 0 aliphatic carbocycles. The summed E-state index contributed by atoms with van der Waals surface area (Å²) in [5.74, 6) is -0.288. The van der Waals surface area contributed by atoms with Crippen LogP contribution in [0.2, 0.25) is 5.02 Å². The standard InChI is InChI=1S/C21H21ClN2O2/c22-18-11-8-16(9-12-18)10-13-20(25)24-14-4-5-17(15-24)21(26)23-19-6-2-1-3-7-19/h1-3,6-13,17H,4-5,14-15H2,(H,23,26). The Balaban J connectivity index is 1.57. The lowest BCUT2D eigenvalue weighted by Gasteiger charge is -2.31. The summed E-state index contributed by atoms with van der Waals surface area (Å²) in [5, 5.41) is 3.59. The van der Waals surface area contributed by atoms with E-state index >= 15 is 0 Å². The van der Waals surface area contributed by atoms with Crippen LogP contribution in [0, 0.1) is 5.92 Å². The number of carbonyl (C=O) groups excluding carboxylic acids is 2. The van der Waals surface area contributed by atoms with E-state index in [1.807, 2.05) is 42.5 Å². The maximum absolute atomic E-state index is 12.5. The lowest BCUT2D eigenvalue weighted by atomic mass is 9.97. The molecule has 26 heavy (non-hydrogen) atoms. The largest absolute Gasteiger partial charge is 0.338 e. The summed E-state index contributed by atoms with van der Waals surface area (Å²) in [7, 11) is 0. The van der Waals surface area contributed by atoms with Crippen molar-refractivity contribution in [2.75, 3.05) is 18.4 Å². The van der Waals surface area contributed by atoms with E-state index in [4.69, 9.17) is 11.6 Å². The molecule has 1 saturated heterocycles. The number of nitrogens with one attached hydrogen (secondary N) is 1. The van der Waals surface area contributed by atoms with Crippen LogP contribution in [0.4, 0.5) is 5.69 Å². The molecule has 1 fully saturated rings. The number of piperidine rings is 1. The Labute approximate surface area is 158 Å². The third-order valence-electron chi connectivity index (χ3n) is 4.43. The molecular formula is C21H21ClN2O2. The summed E-state index contributed by atoms with van der Waals surface area (Å²) in [6.07, 6.45) is 4.95. The molecule has 1 atom stereocenters. The second kappa shape index (κ2) is 8.68. The van der Waals surface area contributed by atoms with Crippen LogP contribution >= 0.6 is 11.6 Å². The molecule has 1 unspecified atom stereocenters. The van der Waals surface area contributed by atoms with Crippen LogP contribution in [-0.2, 0) is 9.59 Å². The molecule has 0 bridgehead atoms. The quantitative estimate of drug-likeness (QED) is 0.821. The molecule has 1 aliphatic heterocycles. The van der Waals surface area contributed by atoms with Gasteiger partial charge in [0.2, 0.25) is 11.8 Å². The molecule has 5 heteroatoms. The number of nitrogens with zero attached hydrogens (tertiary/aromatic N) is 1. The number of para-hydroxylation sites is 1. The first-order valence-corrected chi connectivity index (χ1v) is 9.08. The Hall–Kier alpha value is -2.59. The van der Waals surface area contributed by atoms with Gasteiger partial charge in [0.1, 0.15) is 0 Å². The minimum Gasteiger partial charge on any atom is -0.338 e. The first-order chi connectivity index (χ1) is 12.6. The predicted molar refractivity (Wildman–Crippen MR) is 105 cm³/mol. The molecule has 1 aliphatic rings. The van der Waals surface area contributed by atoms with E-state index in [1.54, 1.807) is 29.2 Å². The lowest BCUT2D eigenvalue weighted by Crippen LogP contribution is -2.43. The van der Waals surface area contributed by atoms with Gasteiger partial charge in [0, 0.05) is 29.9 Å². The number of halogens is 1. The SMILES string of the molecule is O=C(Nc1ccccc1)C1CCCN(C(=O)C=Cc2ccc(Cl)cc2)C1. The van der Waals surface area contributed by atoms with Gasteiger partial charge in [0.25, 0.3) is 0 Å². The van der Waals surface area contributed by atoms with E-state index in [0.717, 1.165) is 24.1 Å². The zero-order valence-corrected chi connectivity index (χ0v) is 15.2. The maximum Gasteiger partial charge on any atom is 0.246 e. The van der Waals surface area contributed by atoms with Crippen molar-refractivity contribution in [3.8, 4) is 0 Å². The summed E-state index contributed by atoms with van der Waals surface area (Å²) in [5.41, 5.74) is 1.70. The number of amides is 2. The van der Waals surface area contributed by atoms with Crippen molar-refractivity contribution >= 4 is 35.2 Å². The summed E-state index contributed by atoms with van der Waals surface area (Å²) in [6.45, 7) is 1.13. The number of hydrogen-bond acceptors (Lipinski definition) is 2. The Morgan fingerprint density at radius 1 is 1.08 bits per heavy atom. The van der Waals surface area contributed by atoms with Crippen LogP contribution in [0.5, 0.6) is 0 Å². The molecule has 2 amide bonds. The van der Waals surface area contributed by atoms with Crippen LogP contribution in [0.3, 0.4) is 0 Å². The van der Waals surface area contributed by atoms with Crippen molar-refractivity contribution in [1.82, 2.24) is 4.90 Å². The zero-order valence-electron chi connectivity index (χ0n) is 14.4. The van der Waals surface area contributed by atoms with Crippen molar-refractivity contribution in [3.05, 3.63) is 71.3 Å². The summed E-state index contributed by atoms with van der Waals surface area (Å²) < 4.78 is 0. The van der Waals surface area contributed by atoms with Gasteiger partial charge in [-0.2, -0.15) is 0 Å². The van der Waals surface area contributed by atoms with Crippen LogP contribution in [0.15, 0.2) is 60.7 Å². The second-order valence-electron chi connectivity index (χ2n) is 6.36. The van der Waals surface area contributed by atoms with Gasteiger partial charge in [-0.05, 0) is 48.7 Å². The van der Waals surface area contributed by atoms with Gasteiger partial charge in [-0.1, -0.05) is 41.9 Å². The Kier molecular flexibility index (Phi) is 6.08. The number of rotatable bonds is 4. The van der Waals surface area contributed by atoms with Crippen molar-refractivity contribution in [2.45, 2.75) is 12.8 Å². The van der Waals surface area contributed by atoms with Gasteiger partial charge in [-0.25, -0.2) is 0 Å². The topological polar surface area (TPSA) is 49.4 Å². The minimum absolute atomic E-state index is 0.0321. The monoisotopic (exact) mass is 368 g/mol. The highest BCUT2D eigenvalue weighted by Gasteiger charge is 2.27. The van der Waals surface area contributed by atoms with E-state index in [2.05, 4.69) is 5.32 Å². The number of anilines is 1. The average Bonchev–Trinajstić information content (AvgIpc) is 2.68. The van der Waals surface area contributed by atoms with E-state index in [1.165, 1.54) is 0 Å². The van der Waals surface area contributed by atoms with Crippen LogP contribution in [0.1, 0.15) is 18.4 Å². The zero-order chi connectivity index (χ0) is 18.4. The molecule has 0 radical (unpaired) electrons. The first-order valence-electron chi connectivity index (χ1n) is 8.70. The van der Waals surface area contributed by atoms with Gasteiger partial charge in [-0.15, -0.1) is 0 Å². The molecule has 4 nitrogen and oxygen atoms in total. The fraction of sp³-hybridized carbons (Fsp3) is 0.238. The smallest absolute Gasteiger partial charge is 0.246 e. The van der Waals surface area contributed by atoms with Crippen LogP contribution in [-0.4, -0.2) is 29.8 Å². The number of carbonyl (C=O) groups is 2. The van der Waals surface area contributed by atoms with Crippen molar-refractivity contribution in [2.24, 2.45) is 5.92 Å². The number of likely N-dealkylation sites (tertiary alicyclic amines) is 1. The summed E-state index contributed by atoms with van der Waals surface area (Å²) >= 11 is 5.86. The van der Waals surface area contributed by atoms with E-state index in [0.29, 0.717) is 18.1 Å². The first kappa shape index (κ1) is 18.2. The number of benzene rings is 2. The lowest BCUT2D eigenvalue weighted by molar-refractivity contribution is -0.130. The van der Waals surface area contributed by atoms with Gasteiger partial charge in [0.05, 0.1) is 5.92 Å². The molecule has 2 aromatic rings. The fourth-order valence-corrected chi connectivity index (χ4v) is 3.13.